The number of ether oxygens (including phenoxy) is 13. The van der Waals surface area contributed by atoms with Crippen molar-refractivity contribution in [2.24, 2.45) is 0 Å². The van der Waals surface area contributed by atoms with E-state index < -0.39 is 48.5 Å². The Hall–Kier alpha value is -7.40. The van der Waals surface area contributed by atoms with Gasteiger partial charge in [-0.3, -0.25) is 0 Å². The van der Waals surface area contributed by atoms with Crippen molar-refractivity contribution < 1.29 is 76.9 Å². The lowest BCUT2D eigenvalue weighted by Crippen LogP contribution is -2.40. The van der Waals surface area contributed by atoms with Crippen LogP contribution in [0.2, 0.25) is 0 Å². The number of aliphatic hydroxyl groups excluding tert-OH is 3. The second-order valence-electron chi connectivity index (χ2n) is 17.2. The molecule has 0 unspecified atom stereocenters. The summed E-state index contributed by atoms with van der Waals surface area (Å²) in [5, 5.41) is 38.7. The van der Waals surface area contributed by atoms with Crippen molar-refractivity contribution in [2.75, 3.05) is 71.1 Å². The molecule has 374 valence electrons. The van der Waals surface area contributed by atoms with E-state index in [0.717, 1.165) is 0 Å². The molecule has 6 aromatic rings. The van der Waals surface area contributed by atoms with Gasteiger partial charge in [0, 0.05) is 58.2 Å². The van der Waals surface area contributed by atoms with Crippen molar-refractivity contribution in [1.29, 1.82) is 0 Å². The van der Waals surface area contributed by atoms with Gasteiger partial charge in [-0.25, -0.2) is 0 Å². The third-order valence-electron chi connectivity index (χ3n) is 13.7. The van der Waals surface area contributed by atoms with Crippen molar-refractivity contribution in [1.82, 2.24) is 0 Å². The summed E-state index contributed by atoms with van der Waals surface area (Å²) in [5.74, 6) is 3.46. The van der Waals surface area contributed by atoms with E-state index in [0.29, 0.717) is 108 Å². The molecule has 0 bridgehead atoms. The van der Waals surface area contributed by atoms with E-state index in [2.05, 4.69) is 0 Å². The molecule has 0 aliphatic carbocycles. The van der Waals surface area contributed by atoms with Gasteiger partial charge in [-0.05, 0) is 65.2 Å². The average molecular weight is 975 g/mol. The Morgan fingerprint density at radius 2 is 0.845 bits per heavy atom. The Balaban J connectivity index is 1.38. The van der Waals surface area contributed by atoms with E-state index in [4.69, 9.17) is 61.6 Å². The smallest absolute Gasteiger partial charge is 0.161 e. The van der Waals surface area contributed by atoms with Gasteiger partial charge in [0.2, 0.25) is 0 Å². The van der Waals surface area contributed by atoms with E-state index in [1.54, 1.807) is 115 Å². The maximum Gasteiger partial charge on any atom is 0.161 e. The quantitative estimate of drug-likeness (QED) is 0.0898. The summed E-state index contributed by atoms with van der Waals surface area (Å²) in [6.45, 7) is 0. The van der Waals surface area contributed by atoms with Gasteiger partial charge in [0.25, 0.3) is 0 Å². The molecule has 0 saturated heterocycles. The van der Waals surface area contributed by atoms with Crippen LogP contribution < -0.4 is 61.6 Å². The molecule has 3 N–H and O–H groups in total. The van der Waals surface area contributed by atoms with Gasteiger partial charge >= 0.3 is 0 Å². The zero-order valence-corrected chi connectivity index (χ0v) is 41.1. The van der Waals surface area contributed by atoms with Crippen LogP contribution in [-0.4, -0.2) is 105 Å². The van der Waals surface area contributed by atoms with Crippen LogP contribution >= 0.6 is 0 Å². The van der Waals surface area contributed by atoms with Gasteiger partial charge in [0.05, 0.1) is 77.2 Å². The number of aliphatic hydroxyl groups is 3. The Kier molecular flexibility index (Phi) is 13.8. The molecule has 3 aliphatic rings. The van der Waals surface area contributed by atoms with Crippen molar-refractivity contribution in [3.8, 4) is 74.7 Å². The van der Waals surface area contributed by atoms with Gasteiger partial charge < -0.3 is 76.9 Å². The fraction of sp³-hybridized carbons (Fsp3) is 0.345. The first-order valence-electron chi connectivity index (χ1n) is 22.9. The lowest BCUT2D eigenvalue weighted by atomic mass is 9.72. The summed E-state index contributed by atoms with van der Waals surface area (Å²) in [6.07, 6.45) is -6.91. The molecule has 71 heavy (non-hydrogen) atoms. The van der Waals surface area contributed by atoms with Gasteiger partial charge in [0.1, 0.15) is 58.6 Å². The van der Waals surface area contributed by atoms with Crippen molar-refractivity contribution in [2.45, 2.75) is 54.9 Å². The number of rotatable bonds is 15. The molecule has 0 saturated carbocycles. The standard InChI is InChI=1S/C55H58O16/c1-59-30-14-16-32(39(24-30)64-6)44-47-54-34(26-35(56)50(70-54)27-11-18-36(61-3)41(21-27)65-7)53(68-10)46(55(47)71-52(49(44)58)29-13-20-38(63-5)43(23-29)67-9)45-33-17-15-31(60-2)25-40(33)69-51(48(45)57)28-12-19-37(62-4)42(22-28)66-8/h11-25,35,44-45,48-52,56-58H,26H2,1-10H3/t35-,44+,45+,48+,49+,50-,51-,52-/m1/s1. The summed E-state index contributed by atoms with van der Waals surface area (Å²) in [6, 6.07) is 26.7. The summed E-state index contributed by atoms with van der Waals surface area (Å²) in [5.41, 5.74) is 4.15. The minimum absolute atomic E-state index is 0.00730. The SMILES string of the molecule is COc1ccc2c(c1)O[C@H](c1ccc(OC)c(OC)c1)[C@@H](O)[C@@H]2c1c(OC)c2c(c3c1O[C@H](c1ccc(OC)c(OC)c1)[C@@H](O)[C@H]3c1ccc(OC)cc1OC)O[C@H](c1ccc(OC)c(OC)c1)[C@H](O)C2. The number of hydrogen-bond acceptors (Lipinski definition) is 16. The van der Waals surface area contributed by atoms with E-state index in [1.165, 1.54) is 28.4 Å². The molecule has 8 atom stereocenters. The third kappa shape index (κ3) is 8.38. The first kappa shape index (κ1) is 48.6. The van der Waals surface area contributed by atoms with Gasteiger partial charge in [-0.1, -0.05) is 30.3 Å². The minimum Gasteiger partial charge on any atom is -0.497 e. The molecule has 16 nitrogen and oxygen atoms in total. The highest BCUT2D eigenvalue weighted by atomic mass is 16.5. The maximum atomic E-state index is 13.2. The first-order valence-corrected chi connectivity index (χ1v) is 22.9. The fourth-order valence-corrected chi connectivity index (χ4v) is 10.3. The molecule has 3 heterocycles. The van der Waals surface area contributed by atoms with Gasteiger partial charge in [-0.15, -0.1) is 0 Å². The highest BCUT2D eigenvalue weighted by molar-refractivity contribution is 5.72. The normalized spacial score (nSPS) is 21.9. The summed E-state index contributed by atoms with van der Waals surface area (Å²) >= 11 is 0. The number of hydrogen-bond donors (Lipinski definition) is 3. The van der Waals surface area contributed by atoms with Crippen LogP contribution in [0.3, 0.4) is 0 Å². The number of methoxy groups -OCH3 is 10. The highest BCUT2D eigenvalue weighted by Crippen LogP contribution is 2.62. The van der Waals surface area contributed by atoms with Gasteiger partial charge in [0.15, 0.2) is 46.7 Å². The topological polar surface area (TPSA) is 181 Å². The Morgan fingerprint density at radius 3 is 1.34 bits per heavy atom. The van der Waals surface area contributed by atoms with Crippen LogP contribution in [0.15, 0.2) is 91.0 Å². The van der Waals surface area contributed by atoms with Crippen LogP contribution in [-0.2, 0) is 6.42 Å². The van der Waals surface area contributed by atoms with Gasteiger partial charge in [-0.2, -0.15) is 0 Å². The maximum absolute atomic E-state index is 13.2. The van der Waals surface area contributed by atoms with E-state index in [-0.39, 0.29) is 17.9 Å². The van der Waals surface area contributed by atoms with Crippen LogP contribution in [0.25, 0.3) is 0 Å². The van der Waals surface area contributed by atoms with Crippen molar-refractivity contribution >= 4 is 0 Å². The minimum atomic E-state index is -1.35. The zero-order valence-electron chi connectivity index (χ0n) is 41.1. The Bertz CT molecular complexity index is 2920. The highest BCUT2D eigenvalue weighted by Gasteiger charge is 2.51. The number of fused-ring (bicyclic) bond motifs is 4. The first-order chi connectivity index (χ1) is 34.5. The zero-order chi connectivity index (χ0) is 50.2. The molecule has 6 aromatic carbocycles. The van der Waals surface area contributed by atoms with Crippen molar-refractivity contribution in [3.05, 3.63) is 136 Å². The summed E-state index contributed by atoms with van der Waals surface area (Å²) < 4.78 is 79.1. The fourth-order valence-electron chi connectivity index (χ4n) is 10.3. The average Bonchev–Trinajstić information content (AvgIpc) is 3.41. The predicted molar refractivity (Wildman–Crippen MR) is 260 cm³/mol. The van der Waals surface area contributed by atoms with E-state index >= 15 is 0 Å². The van der Waals surface area contributed by atoms with E-state index in [9.17, 15) is 15.3 Å². The second kappa shape index (κ2) is 20.1. The Morgan fingerprint density at radius 1 is 0.394 bits per heavy atom. The van der Waals surface area contributed by atoms with Crippen molar-refractivity contribution in [3.63, 3.8) is 0 Å². The monoisotopic (exact) mass is 974 g/mol. The molecule has 0 radical (unpaired) electrons. The molecule has 0 amide bonds. The molecule has 0 fully saturated rings. The van der Waals surface area contributed by atoms with Crippen LogP contribution in [0, 0.1) is 0 Å². The third-order valence-corrected chi connectivity index (χ3v) is 13.7. The van der Waals surface area contributed by atoms with Crippen LogP contribution in [0.1, 0.15) is 74.7 Å². The molecular formula is C55H58O16. The molecule has 3 aliphatic heterocycles. The molecule has 0 aromatic heterocycles. The lowest BCUT2D eigenvalue weighted by Gasteiger charge is -2.45. The number of benzene rings is 6. The molecule has 16 heteroatoms. The largest absolute Gasteiger partial charge is 0.497 e. The predicted octanol–water partition coefficient (Wildman–Crippen LogP) is 8.06. The summed E-state index contributed by atoms with van der Waals surface area (Å²) in [7, 11) is 15.4. The molecule has 0 spiro atoms. The van der Waals surface area contributed by atoms with E-state index in [1.807, 2.05) is 18.2 Å². The summed E-state index contributed by atoms with van der Waals surface area (Å²) in [4.78, 5) is 0. The molecule has 9 rings (SSSR count). The van der Waals surface area contributed by atoms with Crippen LogP contribution in [0.4, 0.5) is 0 Å². The van der Waals surface area contributed by atoms with Crippen LogP contribution in [0.5, 0.6) is 74.7 Å². The lowest BCUT2D eigenvalue weighted by molar-refractivity contribution is -0.00866. The second-order valence-corrected chi connectivity index (χ2v) is 17.2. The molecular weight excluding hydrogens is 917 g/mol. The Labute approximate surface area is 411 Å².